The van der Waals surface area contributed by atoms with Crippen molar-refractivity contribution in [1.29, 1.82) is 0 Å². The standard InChI is InChI=1S/C28H31N5O3S/c1-32-14-16-33(17-15-32)19-20-8-10-22(11-9-20)29-27(21-6-4-3-5-7-21)26-24-18-23(31-37(2,35)36)12-13-25(24)30-28(26)34/h3-13,18,29,31H,14-17,19H2,1-2H3,(H,30,34). The van der Waals surface area contributed by atoms with E-state index in [1.807, 2.05) is 42.5 Å². The third-order valence-corrected chi connectivity index (χ3v) is 7.21. The third-order valence-electron chi connectivity index (χ3n) is 6.61. The minimum Gasteiger partial charge on any atom is -0.354 e. The molecule has 0 aliphatic carbocycles. The predicted octanol–water partition coefficient (Wildman–Crippen LogP) is 3.74. The molecule has 1 saturated heterocycles. The van der Waals surface area contributed by atoms with Crippen molar-refractivity contribution in [2.75, 3.05) is 54.8 Å². The Balaban J connectivity index is 1.47. The molecule has 5 rings (SSSR count). The Kier molecular flexibility index (Phi) is 7.01. The number of hydrogen-bond donors (Lipinski definition) is 3. The minimum atomic E-state index is -3.46. The number of hydrogen-bond acceptors (Lipinski definition) is 6. The van der Waals surface area contributed by atoms with E-state index in [-0.39, 0.29) is 5.91 Å². The highest BCUT2D eigenvalue weighted by atomic mass is 32.2. The highest BCUT2D eigenvalue weighted by Gasteiger charge is 2.29. The van der Waals surface area contributed by atoms with E-state index < -0.39 is 10.0 Å². The van der Waals surface area contributed by atoms with Crippen LogP contribution < -0.4 is 15.4 Å². The molecule has 3 N–H and O–H groups in total. The summed E-state index contributed by atoms with van der Waals surface area (Å²) in [6.07, 6.45) is 1.10. The SMILES string of the molecule is CN1CCN(Cc2ccc(NC(=C3C(=O)Nc4ccc(NS(C)(=O)=O)cc43)c3ccccc3)cc2)CC1. The smallest absolute Gasteiger partial charge is 0.258 e. The second-order valence-electron chi connectivity index (χ2n) is 9.61. The first-order valence-corrected chi connectivity index (χ1v) is 14.1. The first-order valence-electron chi connectivity index (χ1n) is 12.3. The number of sulfonamides is 1. The number of benzene rings is 3. The van der Waals surface area contributed by atoms with E-state index in [2.05, 4.69) is 44.3 Å². The second kappa shape index (κ2) is 10.4. The molecule has 0 aromatic heterocycles. The summed E-state index contributed by atoms with van der Waals surface area (Å²) >= 11 is 0. The van der Waals surface area contributed by atoms with Gasteiger partial charge in [-0.15, -0.1) is 0 Å². The molecule has 0 bridgehead atoms. The van der Waals surface area contributed by atoms with Crippen LogP contribution in [0.3, 0.4) is 0 Å². The molecule has 0 unspecified atom stereocenters. The Morgan fingerprint density at radius 2 is 1.59 bits per heavy atom. The molecule has 9 heteroatoms. The van der Waals surface area contributed by atoms with Gasteiger partial charge in [-0.3, -0.25) is 14.4 Å². The number of carbonyl (C=O) groups is 1. The zero-order valence-corrected chi connectivity index (χ0v) is 21.8. The number of piperazine rings is 1. The number of nitrogens with zero attached hydrogens (tertiary/aromatic N) is 2. The number of fused-ring (bicyclic) bond motifs is 1. The monoisotopic (exact) mass is 517 g/mol. The molecule has 8 nitrogen and oxygen atoms in total. The Bertz CT molecular complexity index is 1430. The summed E-state index contributed by atoms with van der Waals surface area (Å²) in [6, 6.07) is 23.0. The lowest BCUT2D eigenvalue weighted by molar-refractivity contribution is -0.110. The normalized spacial score (nSPS) is 17.7. The number of carbonyl (C=O) groups excluding carboxylic acids is 1. The average Bonchev–Trinajstić information content (AvgIpc) is 3.19. The van der Waals surface area contributed by atoms with Crippen LogP contribution in [0.4, 0.5) is 17.1 Å². The first-order chi connectivity index (χ1) is 17.7. The van der Waals surface area contributed by atoms with Gasteiger partial charge in [-0.25, -0.2) is 8.42 Å². The van der Waals surface area contributed by atoms with E-state index >= 15 is 0 Å². The van der Waals surface area contributed by atoms with Gasteiger partial charge in [0.2, 0.25) is 10.0 Å². The van der Waals surface area contributed by atoms with Crippen molar-refractivity contribution in [2.24, 2.45) is 0 Å². The number of anilines is 3. The van der Waals surface area contributed by atoms with E-state index in [0.29, 0.717) is 28.2 Å². The van der Waals surface area contributed by atoms with Gasteiger partial charge in [0, 0.05) is 55.3 Å². The van der Waals surface area contributed by atoms with Crippen molar-refractivity contribution < 1.29 is 13.2 Å². The Morgan fingerprint density at radius 1 is 0.919 bits per heavy atom. The van der Waals surface area contributed by atoms with Crippen molar-refractivity contribution in [3.05, 3.63) is 89.5 Å². The zero-order chi connectivity index (χ0) is 26.0. The number of rotatable bonds is 7. The summed E-state index contributed by atoms with van der Waals surface area (Å²) in [5.74, 6) is -0.246. The molecule has 0 atom stereocenters. The Labute approximate surface area is 218 Å². The fourth-order valence-corrected chi connectivity index (χ4v) is 5.23. The maximum atomic E-state index is 13.2. The molecule has 0 radical (unpaired) electrons. The molecule has 1 fully saturated rings. The van der Waals surface area contributed by atoms with E-state index in [4.69, 9.17) is 0 Å². The molecule has 3 aromatic carbocycles. The van der Waals surface area contributed by atoms with E-state index in [0.717, 1.165) is 50.2 Å². The number of likely N-dealkylation sites (N-methyl/N-ethyl adjacent to an activating group) is 1. The fourth-order valence-electron chi connectivity index (χ4n) is 4.68. The molecule has 0 spiro atoms. The van der Waals surface area contributed by atoms with Crippen LogP contribution in [-0.4, -0.2) is 63.6 Å². The molecule has 192 valence electrons. The predicted molar refractivity (Wildman–Crippen MR) is 150 cm³/mol. The van der Waals surface area contributed by atoms with Crippen LogP contribution in [0.1, 0.15) is 16.7 Å². The molecule has 2 aliphatic heterocycles. The maximum absolute atomic E-state index is 13.2. The first kappa shape index (κ1) is 25.0. The molecule has 2 aliphatic rings. The van der Waals surface area contributed by atoms with Crippen LogP contribution in [0.5, 0.6) is 0 Å². The summed E-state index contributed by atoms with van der Waals surface area (Å²) in [5, 5.41) is 6.38. The van der Waals surface area contributed by atoms with Gasteiger partial charge in [0.15, 0.2) is 0 Å². The lowest BCUT2D eigenvalue weighted by Crippen LogP contribution is -2.43. The van der Waals surface area contributed by atoms with E-state index in [1.54, 1.807) is 18.2 Å². The van der Waals surface area contributed by atoms with Crippen LogP contribution >= 0.6 is 0 Å². The summed E-state index contributed by atoms with van der Waals surface area (Å²) in [5.41, 5.74) is 5.73. The molecule has 1 amide bonds. The van der Waals surface area contributed by atoms with Crippen LogP contribution in [-0.2, 0) is 21.4 Å². The molecule has 3 aromatic rings. The Hall–Kier alpha value is -3.66. The van der Waals surface area contributed by atoms with Crippen molar-refractivity contribution in [3.8, 4) is 0 Å². The van der Waals surface area contributed by atoms with E-state index in [1.165, 1.54) is 5.56 Å². The highest BCUT2D eigenvalue weighted by Crippen LogP contribution is 2.39. The lowest BCUT2D eigenvalue weighted by atomic mass is 9.99. The molecular weight excluding hydrogens is 486 g/mol. The lowest BCUT2D eigenvalue weighted by Gasteiger charge is -2.32. The summed E-state index contributed by atoms with van der Waals surface area (Å²) in [7, 11) is -1.30. The molecule has 0 saturated carbocycles. The fraction of sp³-hybridized carbons (Fsp3) is 0.250. The van der Waals surface area contributed by atoms with Gasteiger partial charge in [-0.1, -0.05) is 42.5 Å². The van der Waals surface area contributed by atoms with Crippen molar-refractivity contribution in [2.45, 2.75) is 6.54 Å². The van der Waals surface area contributed by atoms with Gasteiger partial charge in [0.05, 0.1) is 17.5 Å². The molecule has 2 heterocycles. The van der Waals surface area contributed by atoms with Gasteiger partial charge in [-0.05, 0) is 48.5 Å². The second-order valence-corrected chi connectivity index (χ2v) is 11.4. The van der Waals surface area contributed by atoms with Gasteiger partial charge >= 0.3 is 0 Å². The van der Waals surface area contributed by atoms with Gasteiger partial charge in [-0.2, -0.15) is 0 Å². The largest absolute Gasteiger partial charge is 0.354 e. The van der Waals surface area contributed by atoms with Crippen molar-refractivity contribution in [1.82, 2.24) is 9.80 Å². The van der Waals surface area contributed by atoms with Crippen molar-refractivity contribution in [3.63, 3.8) is 0 Å². The Morgan fingerprint density at radius 3 is 2.27 bits per heavy atom. The van der Waals surface area contributed by atoms with Gasteiger partial charge in [0.25, 0.3) is 5.91 Å². The highest BCUT2D eigenvalue weighted by molar-refractivity contribution is 7.92. The molecular formula is C28H31N5O3S. The van der Waals surface area contributed by atoms with Crippen LogP contribution in [0.2, 0.25) is 0 Å². The van der Waals surface area contributed by atoms with Crippen molar-refractivity contribution >= 4 is 44.3 Å². The quantitative estimate of drug-likeness (QED) is 0.414. The van der Waals surface area contributed by atoms with Crippen LogP contribution in [0.15, 0.2) is 72.8 Å². The number of nitrogens with one attached hydrogen (secondary N) is 3. The van der Waals surface area contributed by atoms with Crippen LogP contribution in [0.25, 0.3) is 11.3 Å². The average molecular weight is 518 g/mol. The third kappa shape index (κ3) is 6.02. The topological polar surface area (TPSA) is 93.8 Å². The molecule has 37 heavy (non-hydrogen) atoms. The maximum Gasteiger partial charge on any atom is 0.258 e. The zero-order valence-electron chi connectivity index (χ0n) is 21.0. The van der Waals surface area contributed by atoms with Gasteiger partial charge in [0.1, 0.15) is 0 Å². The van der Waals surface area contributed by atoms with E-state index in [9.17, 15) is 13.2 Å². The summed E-state index contributed by atoms with van der Waals surface area (Å²) < 4.78 is 26.1. The number of amides is 1. The van der Waals surface area contributed by atoms with Crippen LogP contribution in [0, 0.1) is 0 Å². The minimum absolute atomic E-state index is 0.246. The summed E-state index contributed by atoms with van der Waals surface area (Å²) in [6.45, 7) is 5.20. The van der Waals surface area contributed by atoms with Gasteiger partial charge < -0.3 is 15.5 Å². The summed E-state index contributed by atoms with van der Waals surface area (Å²) in [4.78, 5) is 18.0.